The van der Waals surface area contributed by atoms with Gasteiger partial charge in [-0.05, 0) is 90.6 Å². The van der Waals surface area contributed by atoms with E-state index < -0.39 is 89.4 Å². The average molecular weight is 589 g/mol. The Balaban J connectivity index is 1.40. The molecular weight excluding hydrogens is 544 g/mol. The summed E-state index contributed by atoms with van der Waals surface area (Å²) in [6, 6.07) is 11.9. The van der Waals surface area contributed by atoms with E-state index in [9.17, 15) is 11.0 Å². The second-order valence-electron chi connectivity index (χ2n) is 12.1. The highest BCUT2D eigenvalue weighted by Gasteiger charge is 2.50. The van der Waals surface area contributed by atoms with Crippen LogP contribution in [0.3, 0.4) is 0 Å². The van der Waals surface area contributed by atoms with Crippen molar-refractivity contribution in [1.29, 1.82) is 0 Å². The second kappa shape index (κ2) is 8.61. The molecule has 0 bridgehead atoms. The van der Waals surface area contributed by atoms with E-state index in [1.165, 1.54) is 0 Å². The molecule has 1 nitrogen and oxygen atoms in total. The Morgan fingerprint density at radius 2 is 1.13 bits per heavy atom. The molecule has 7 aromatic rings. The first-order valence-electron chi connectivity index (χ1n) is 21.7. The molecule has 0 N–H and O–H groups in total. The van der Waals surface area contributed by atoms with Gasteiger partial charge in [-0.2, -0.15) is 0 Å². The molecule has 45 heavy (non-hydrogen) atoms. The number of ether oxygens (including phenoxy) is 1. The fraction of sp³-hybridized carbons (Fsp3) is 0.0909. The van der Waals surface area contributed by atoms with Crippen molar-refractivity contribution in [2.75, 3.05) is 0 Å². The Morgan fingerprint density at radius 3 is 2.02 bits per heavy atom. The van der Waals surface area contributed by atoms with Gasteiger partial charge in [-0.15, -0.1) is 0 Å². The molecule has 0 saturated heterocycles. The second-order valence-corrected chi connectivity index (χ2v) is 12.1. The SMILES string of the molecule is [2H]c1c([2H])c([2H])c2c(c1[2H])Oc1c([2H])c([2H])c(-c3c([2H])c([2H])c4c(c3[2H])C3(c5ccccc5-c5cccc6cccc3c56)c3c([2H])c([2H])c([2H])c([2H])c3-4)c([2H])c1C2(C)C. The van der Waals surface area contributed by atoms with Crippen LogP contribution in [0, 0.1) is 0 Å². The van der Waals surface area contributed by atoms with Crippen LogP contribution in [-0.4, -0.2) is 0 Å². The lowest BCUT2D eigenvalue weighted by molar-refractivity contribution is 0.418. The van der Waals surface area contributed by atoms with Crippen LogP contribution in [0.4, 0.5) is 0 Å². The Morgan fingerprint density at radius 1 is 0.489 bits per heavy atom. The van der Waals surface area contributed by atoms with Crippen LogP contribution in [0.2, 0.25) is 0 Å². The Labute approximate surface area is 283 Å². The molecule has 1 spiro atoms. The zero-order valence-corrected chi connectivity index (χ0v) is 24.2. The van der Waals surface area contributed by atoms with Gasteiger partial charge < -0.3 is 4.74 Å². The first-order chi connectivity index (χ1) is 27.9. The molecule has 10 rings (SSSR count). The van der Waals surface area contributed by atoms with Gasteiger partial charge in [-0.1, -0.05) is 135 Å². The minimum absolute atomic E-state index is 0.00356. The predicted octanol–water partition coefficient (Wildman–Crippen LogP) is 11.3. The lowest BCUT2D eigenvalue weighted by Gasteiger charge is -2.40. The summed E-state index contributed by atoms with van der Waals surface area (Å²) in [5.41, 5.74) is -0.797. The van der Waals surface area contributed by atoms with E-state index in [0.717, 1.165) is 21.9 Å². The molecule has 2 aliphatic carbocycles. The minimum Gasteiger partial charge on any atom is -0.457 e. The third-order valence-electron chi connectivity index (χ3n) is 9.57. The average Bonchev–Trinajstić information content (AvgIpc) is 3.54. The summed E-state index contributed by atoms with van der Waals surface area (Å²) in [6.07, 6.45) is 0. The van der Waals surface area contributed by atoms with E-state index in [2.05, 4.69) is 0 Å². The smallest absolute Gasteiger partial charge is 0.131 e. The van der Waals surface area contributed by atoms with Crippen molar-refractivity contribution in [3.8, 4) is 44.9 Å². The van der Waals surface area contributed by atoms with Crippen molar-refractivity contribution in [2.45, 2.75) is 24.7 Å². The number of hydrogen-bond acceptors (Lipinski definition) is 1. The first-order valence-corrected chi connectivity index (χ1v) is 14.7. The summed E-state index contributed by atoms with van der Waals surface area (Å²) in [5, 5.41) is 1.60. The molecule has 0 amide bonds. The van der Waals surface area contributed by atoms with E-state index in [4.69, 9.17) is 13.0 Å². The van der Waals surface area contributed by atoms with Crippen molar-refractivity contribution in [1.82, 2.24) is 0 Å². The maximum Gasteiger partial charge on any atom is 0.131 e. The van der Waals surface area contributed by atoms with Gasteiger partial charge in [0.25, 0.3) is 0 Å². The highest BCUT2D eigenvalue weighted by Crippen LogP contribution is 2.62. The van der Waals surface area contributed by atoms with E-state index in [1.807, 2.05) is 54.6 Å². The molecule has 1 unspecified atom stereocenters. The maximum atomic E-state index is 10.3. The predicted molar refractivity (Wildman–Crippen MR) is 184 cm³/mol. The van der Waals surface area contributed by atoms with Crippen LogP contribution in [-0.2, 0) is 10.8 Å². The molecule has 1 heterocycles. The monoisotopic (exact) mass is 588 g/mol. The lowest BCUT2D eigenvalue weighted by Crippen LogP contribution is -2.31. The fourth-order valence-electron chi connectivity index (χ4n) is 7.59. The highest BCUT2D eigenvalue weighted by molar-refractivity contribution is 6.07. The van der Waals surface area contributed by atoms with Gasteiger partial charge in [0, 0.05) is 16.5 Å². The molecule has 7 aromatic carbocycles. The van der Waals surface area contributed by atoms with Gasteiger partial charge in [-0.25, -0.2) is 0 Å². The van der Waals surface area contributed by atoms with Gasteiger partial charge in [-0.3, -0.25) is 0 Å². The van der Waals surface area contributed by atoms with Gasteiger partial charge in [0.1, 0.15) is 11.5 Å². The van der Waals surface area contributed by atoms with Crippen LogP contribution in [0.5, 0.6) is 11.5 Å². The van der Waals surface area contributed by atoms with Gasteiger partial charge in [0.05, 0.1) is 24.6 Å². The molecule has 212 valence electrons. The van der Waals surface area contributed by atoms with E-state index >= 15 is 0 Å². The van der Waals surface area contributed by atoms with Gasteiger partial charge in [0.2, 0.25) is 0 Å². The fourth-order valence-corrected chi connectivity index (χ4v) is 7.59. The van der Waals surface area contributed by atoms with Crippen LogP contribution in [0.1, 0.15) is 66.4 Å². The lowest BCUT2D eigenvalue weighted by atomic mass is 9.61. The van der Waals surface area contributed by atoms with Crippen LogP contribution in [0.25, 0.3) is 44.2 Å². The van der Waals surface area contributed by atoms with Crippen LogP contribution >= 0.6 is 0 Å². The zero-order valence-electron chi connectivity index (χ0n) is 38.2. The molecule has 1 atom stereocenters. The molecular formula is C44H30O. The maximum absolute atomic E-state index is 10.3. The normalized spacial score (nSPS) is 21.9. The molecule has 1 aliphatic heterocycles. The number of benzene rings is 7. The third-order valence-corrected chi connectivity index (χ3v) is 9.57. The summed E-state index contributed by atoms with van der Waals surface area (Å²) < 4.78 is 135. The highest BCUT2D eigenvalue weighted by atomic mass is 16.5. The molecule has 0 radical (unpaired) electrons. The molecule has 1 heteroatoms. The van der Waals surface area contributed by atoms with Crippen molar-refractivity contribution < 1.29 is 23.9 Å². The van der Waals surface area contributed by atoms with Crippen molar-refractivity contribution >= 4 is 10.8 Å². The Kier molecular flexibility index (Phi) is 2.88. The summed E-state index contributed by atoms with van der Waals surface area (Å²) in [7, 11) is 0. The quantitative estimate of drug-likeness (QED) is 0.185. The van der Waals surface area contributed by atoms with Gasteiger partial charge in [0.15, 0.2) is 0 Å². The first kappa shape index (κ1) is 15.1. The van der Waals surface area contributed by atoms with Crippen molar-refractivity contribution in [2.24, 2.45) is 0 Å². The number of rotatable bonds is 1. The number of para-hydroxylation sites is 1. The van der Waals surface area contributed by atoms with E-state index in [0.29, 0.717) is 11.1 Å². The zero-order chi connectivity index (χ0) is 42.1. The van der Waals surface area contributed by atoms with Crippen molar-refractivity contribution in [3.05, 3.63) is 179 Å². The largest absolute Gasteiger partial charge is 0.457 e. The number of fused-ring (bicyclic) bond motifs is 11. The van der Waals surface area contributed by atoms with Crippen molar-refractivity contribution in [3.63, 3.8) is 0 Å². The summed E-state index contributed by atoms with van der Waals surface area (Å²) in [6.45, 7) is 3.23. The summed E-state index contributed by atoms with van der Waals surface area (Å²) in [4.78, 5) is 0. The Bertz CT molecular complexity index is 3170. The van der Waals surface area contributed by atoms with Crippen LogP contribution in [0.15, 0.2) is 145 Å². The topological polar surface area (TPSA) is 9.23 Å². The standard InChI is InChI=1S/C44H30O/c1-43(2)36-18-7-8-20-40(36)45-41-24-22-29(26-39(41)43)28-21-23-32-30-13-3-5-16-34(30)44(38(32)25-28)35-17-6-4-14-31(35)33-15-9-11-27-12-10-19-37(44)42(27)33/h3-26H,1-2H3/i3D,5D,7D,8D,13D,16D,18D,20D,21D,22D,23D,24D,25D,26D. The number of hydrogen-bond donors (Lipinski definition) is 0. The molecule has 0 aromatic heterocycles. The minimum atomic E-state index is -1.66. The molecule has 3 aliphatic rings. The molecule has 0 fully saturated rings. The summed E-state index contributed by atoms with van der Waals surface area (Å²) in [5.74, 6) is -0.499. The van der Waals surface area contributed by atoms with Crippen LogP contribution < -0.4 is 4.74 Å². The van der Waals surface area contributed by atoms with E-state index in [1.54, 1.807) is 19.9 Å². The summed E-state index contributed by atoms with van der Waals surface area (Å²) >= 11 is 0. The third kappa shape index (κ3) is 3.08. The van der Waals surface area contributed by atoms with Gasteiger partial charge >= 0.3 is 0 Å². The molecule has 0 saturated carbocycles. The Hall–Kier alpha value is -5.40. The van der Waals surface area contributed by atoms with E-state index in [-0.39, 0.29) is 62.0 Å².